The number of nitrogens with zero attached hydrogens (tertiary/aromatic N) is 3. The average Bonchev–Trinajstić information content (AvgIpc) is 2.68. The van der Waals surface area contributed by atoms with E-state index in [2.05, 4.69) is 9.88 Å². The molecule has 0 aromatic carbocycles. The second kappa shape index (κ2) is 5.36. The molecule has 2 unspecified atom stereocenters. The molecule has 7 heteroatoms. The number of methoxy groups -OCH3 is 1. The lowest BCUT2D eigenvalue weighted by atomic mass is 10.2. The highest BCUT2D eigenvalue weighted by molar-refractivity contribution is 5.42. The fraction of sp³-hybridized carbons (Fsp3) is 0.643. The Morgan fingerprint density at radius 1 is 1.24 bits per heavy atom. The molecule has 2 fully saturated rings. The highest BCUT2D eigenvalue weighted by Crippen LogP contribution is 2.34. The molecule has 116 valence electrons. The Kier molecular flexibility index (Phi) is 3.69. The number of hydrogen-bond acceptors (Lipinski definition) is 4. The Balaban J connectivity index is 1.73. The van der Waals surface area contributed by atoms with Crippen LogP contribution in [0.3, 0.4) is 0 Å². The molecular formula is C14H18F3N3O. The maximum atomic E-state index is 12.6. The second-order valence-corrected chi connectivity index (χ2v) is 5.62. The number of fused-ring (bicyclic) bond motifs is 2. The normalized spacial score (nSPS) is 26.2. The number of pyridine rings is 1. The summed E-state index contributed by atoms with van der Waals surface area (Å²) >= 11 is 0. The fourth-order valence-corrected chi connectivity index (χ4v) is 3.34. The van der Waals surface area contributed by atoms with Crippen LogP contribution in [0, 0.1) is 0 Å². The minimum atomic E-state index is -4.13. The number of alkyl halides is 3. The van der Waals surface area contributed by atoms with Crippen molar-refractivity contribution in [1.29, 1.82) is 0 Å². The van der Waals surface area contributed by atoms with E-state index in [9.17, 15) is 13.2 Å². The summed E-state index contributed by atoms with van der Waals surface area (Å²) in [7, 11) is 1.55. The van der Waals surface area contributed by atoms with Crippen LogP contribution < -0.4 is 9.64 Å². The molecular weight excluding hydrogens is 283 g/mol. The van der Waals surface area contributed by atoms with Crippen molar-refractivity contribution in [3.63, 3.8) is 0 Å². The Morgan fingerprint density at radius 2 is 1.90 bits per heavy atom. The molecule has 0 aliphatic carbocycles. The molecule has 2 aliphatic rings. The lowest BCUT2D eigenvalue weighted by molar-refractivity contribution is -0.153. The minimum absolute atomic E-state index is 0.0432. The molecule has 0 spiro atoms. The van der Waals surface area contributed by atoms with Crippen molar-refractivity contribution in [2.75, 3.05) is 31.6 Å². The van der Waals surface area contributed by atoms with E-state index in [1.807, 2.05) is 12.1 Å². The first kappa shape index (κ1) is 14.4. The van der Waals surface area contributed by atoms with Crippen LogP contribution >= 0.6 is 0 Å². The summed E-state index contributed by atoms with van der Waals surface area (Å²) in [6, 6.07) is 5.40. The fourth-order valence-electron chi connectivity index (χ4n) is 3.34. The van der Waals surface area contributed by atoms with Crippen LogP contribution in [0.15, 0.2) is 18.2 Å². The van der Waals surface area contributed by atoms with E-state index in [0.29, 0.717) is 19.0 Å². The predicted molar refractivity (Wildman–Crippen MR) is 72.6 cm³/mol. The van der Waals surface area contributed by atoms with Gasteiger partial charge >= 0.3 is 6.18 Å². The van der Waals surface area contributed by atoms with Crippen molar-refractivity contribution in [2.45, 2.75) is 31.1 Å². The molecule has 0 N–H and O–H groups in total. The van der Waals surface area contributed by atoms with Crippen molar-refractivity contribution in [1.82, 2.24) is 9.88 Å². The summed E-state index contributed by atoms with van der Waals surface area (Å²) in [6.45, 7) is 0.376. The molecule has 2 bridgehead atoms. The maximum Gasteiger partial charge on any atom is 0.401 e. The van der Waals surface area contributed by atoms with Gasteiger partial charge in [0, 0.05) is 31.2 Å². The molecule has 0 radical (unpaired) electrons. The topological polar surface area (TPSA) is 28.6 Å². The third-order valence-electron chi connectivity index (χ3n) is 4.24. The van der Waals surface area contributed by atoms with Crippen molar-refractivity contribution < 1.29 is 17.9 Å². The summed E-state index contributed by atoms with van der Waals surface area (Å²) in [6.07, 6.45) is -2.49. The lowest BCUT2D eigenvalue weighted by Gasteiger charge is -2.41. The number of anilines is 1. The number of piperazine rings is 1. The first-order valence-corrected chi connectivity index (χ1v) is 7.05. The van der Waals surface area contributed by atoms with E-state index in [4.69, 9.17) is 4.74 Å². The molecule has 0 amide bonds. The summed E-state index contributed by atoms with van der Waals surface area (Å²) in [5.41, 5.74) is 0. The lowest BCUT2D eigenvalue weighted by Crippen LogP contribution is -2.56. The molecule has 4 nitrogen and oxygen atoms in total. The largest absolute Gasteiger partial charge is 0.481 e. The highest BCUT2D eigenvalue weighted by Gasteiger charge is 2.45. The van der Waals surface area contributed by atoms with Gasteiger partial charge < -0.3 is 9.64 Å². The molecule has 0 saturated carbocycles. The first-order valence-electron chi connectivity index (χ1n) is 7.05. The van der Waals surface area contributed by atoms with Crippen molar-refractivity contribution in [3.8, 4) is 5.88 Å². The van der Waals surface area contributed by atoms with Crippen LogP contribution in [0.1, 0.15) is 12.8 Å². The Labute approximate surface area is 121 Å². The van der Waals surface area contributed by atoms with E-state index in [0.717, 1.165) is 18.7 Å². The third-order valence-corrected chi connectivity index (χ3v) is 4.24. The van der Waals surface area contributed by atoms with Crippen LogP contribution in [0.2, 0.25) is 0 Å². The van der Waals surface area contributed by atoms with Crippen molar-refractivity contribution >= 4 is 5.82 Å². The number of halogens is 3. The van der Waals surface area contributed by atoms with Gasteiger partial charge in [0.2, 0.25) is 5.88 Å². The summed E-state index contributed by atoms with van der Waals surface area (Å²) in [5, 5.41) is 0. The quantitative estimate of drug-likeness (QED) is 0.856. The van der Waals surface area contributed by atoms with Gasteiger partial charge in [0.05, 0.1) is 13.7 Å². The van der Waals surface area contributed by atoms with E-state index >= 15 is 0 Å². The zero-order valence-electron chi connectivity index (χ0n) is 11.8. The predicted octanol–water partition coefficient (Wildman–Crippen LogP) is 2.31. The van der Waals surface area contributed by atoms with Gasteiger partial charge in [-0.25, -0.2) is 0 Å². The van der Waals surface area contributed by atoms with Crippen molar-refractivity contribution in [3.05, 3.63) is 18.2 Å². The van der Waals surface area contributed by atoms with Crippen LogP contribution in [0.25, 0.3) is 0 Å². The van der Waals surface area contributed by atoms with Gasteiger partial charge in [0.15, 0.2) is 0 Å². The van der Waals surface area contributed by atoms with Gasteiger partial charge in [-0.15, -0.1) is 0 Å². The SMILES string of the molecule is COc1cccc(N2CC3CCC(C2)N3CC(F)(F)F)n1. The minimum Gasteiger partial charge on any atom is -0.481 e. The van der Waals surface area contributed by atoms with E-state index < -0.39 is 12.7 Å². The first-order chi connectivity index (χ1) is 9.96. The van der Waals surface area contributed by atoms with Crippen LogP contribution in [0.5, 0.6) is 5.88 Å². The van der Waals surface area contributed by atoms with Gasteiger partial charge in [-0.1, -0.05) is 6.07 Å². The third kappa shape index (κ3) is 3.07. The van der Waals surface area contributed by atoms with Crippen LogP contribution in [0.4, 0.5) is 19.0 Å². The summed E-state index contributed by atoms with van der Waals surface area (Å²) in [5.74, 6) is 1.30. The average molecular weight is 301 g/mol. The van der Waals surface area contributed by atoms with E-state index in [1.165, 1.54) is 0 Å². The van der Waals surface area contributed by atoms with E-state index in [1.54, 1.807) is 18.1 Å². The number of ether oxygens (including phenoxy) is 1. The van der Waals surface area contributed by atoms with Crippen LogP contribution in [-0.4, -0.2) is 54.9 Å². The number of rotatable bonds is 3. The van der Waals surface area contributed by atoms with Crippen molar-refractivity contribution in [2.24, 2.45) is 0 Å². The van der Waals surface area contributed by atoms with Crippen LogP contribution in [-0.2, 0) is 0 Å². The highest BCUT2D eigenvalue weighted by atomic mass is 19.4. The van der Waals surface area contributed by atoms with Gasteiger partial charge in [-0.05, 0) is 18.9 Å². The summed E-state index contributed by atoms with van der Waals surface area (Å²) in [4.78, 5) is 8.05. The number of hydrogen-bond donors (Lipinski definition) is 0. The summed E-state index contributed by atoms with van der Waals surface area (Å²) < 4.78 is 43.1. The Bertz CT molecular complexity index is 494. The molecule has 3 heterocycles. The molecule has 2 saturated heterocycles. The van der Waals surface area contributed by atoms with Gasteiger partial charge in [-0.2, -0.15) is 18.2 Å². The van der Waals surface area contributed by atoms with Gasteiger partial charge in [0.1, 0.15) is 5.82 Å². The standard InChI is InChI=1S/C14H18F3N3O/c1-21-13-4-2-3-12(18-13)19-7-10-5-6-11(8-19)20(10)9-14(15,16)17/h2-4,10-11H,5-9H2,1H3. The number of aromatic nitrogens is 1. The Morgan fingerprint density at radius 3 is 2.48 bits per heavy atom. The zero-order valence-corrected chi connectivity index (χ0v) is 11.8. The van der Waals surface area contributed by atoms with Gasteiger partial charge in [0.25, 0.3) is 0 Å². The molecule has 2 atom stereocenters. The van der Waals surface area contributed by atoms with E-state index in [-0.39, 0.29) is 12.1 Å². The molecule has 21 heavy (non-hydrogen) atoms. The zero-order chi connectivity index (χ0) is 15.0. The monoisotopic (exact) mass is 301 g/mol. The molecule has 3 rings (SSSR count). The smallest absolute Gasteiger partial charge is 0.401 e. The van der Waals surface area contributed by atoms with Gasteiger partial charge in [-0.3, -0.25) is 4.90 Å². The molecule has 1 aromatic rings. The molecule has 2 aliphatic heterocycles. The second-order valence-electron chi connectivity index (χ2n) is 5.62. The Hall–Kier alpha value is -1.50. The maximum absolute atomic E-state index is 12.6. The molecule has 1 aromatic heterocycles.